The number of pyridine rings is 1. The number of nitrogens with zero attached hydrogens (tertiary/aromatic N) is 3. The Bertz CT molecular complexity index is 1130. The number of hydrogen-bond donors (Lipinski definition) is 2. The molecule has 156 valence electrons. The van der Waals surface area contributed by atoms with E-state index in [1.54, 1.807) is 19.1 Å². The van der Waals surface area contributed by atoms with Gasteiger partial charge in [0.15, 0.2) is 5.69 Å². The summed E-state index contributed by atoms with van der Waals surface area (Å²) in [7, 11) is 0. The van der Waals surface area contributed by atoms with Crippen molar-refractivity contribution >= 4 is 17.3 Å². The molecule has 7 nitrogen and oxygen atoms in total. The van der Waals surface area contributed by atoms with E-state index in [0.29, 0.717) is 5.69 Å². The summed E-state index contributed by atoms with van der Waals surface area (Å²) >= 11 is 0. The molecular weight excluding hydrogens is 401 g/mol. The molecule has 0 aliphatic heterocycles. The summed E-state index contributed by atoms with van der Waals surface area (Å²) in [6.07, 6.45) is -1.83. The molecule has 0 spiro atoms. The highest BCUT2D eigenvalue weighted by Gasteiger charge is 2.30. The molecule has 2 aromatic heterocycles. The number of aromatic nitrogens is 3. The molecule has 0 bridgehead atoms. The van der Waals surface area contributed by atoms with E-state index in [-0.39, 0.29) is 29.8 Å². The highest BCUT2D eigenvalue weighted by Crippen LogP contribution is 2.31. The van der Waals surface area contributed by atoms with Crippen LogP contribution < -0.4 is 10.9 Å². The van der Waals surface area contributed by atoms with Crippen molar-refractivity contribution in [3.05, 3.63) is 81.5 Å². The molecule has 0 saturated heterocycles. The molecule has 10 heteroatoms. The Hall–Kier alpha value is -3.69. The maximum Gasteiger partial charge on any atom is 0.416 e. The molecule has 2 N–H and O–H groups in total. The molecule has 0 unspecified atom stereocenters. The smallest absolute Gasteiger partial charge is 0.416 e. The molecule has 2 heterocycles. The van der Waals surface area contributed by atoms with Crippen LogP contribution in [0.4, 0.5) is 24.5 Å². The minimum Gasteiger partial charge on any atom is -0.476 e. The Morgan fingerprint density at radius 3 is 2.60 bits per heavy atom. The highest BCUT2D eigenvalue weighted by molar-refractivity contribution is 5.89. The number of rotatable bonds is 6. The second-order valence-electron chi connectivity index (χ2n) is 6.37. The van der Waals surface area contributed by atoms with Crippen molar-refractivity contribution < 1.29 is 23.1 Å². The first-order valence-corrected chi connectivity index (χ1v) is 8.91. The van der Waals surface area contributed by atoms with Gasteiger partial charge in [0.25, 0.3) is 5.56 Å². The SMILES string of the molecule is CCn1nc(C(=O)O)c(Cc2cccc(C(F)(F)F)c2)c(Nc2cccnc2)c1=O. The number of halogens is 3. The van der Waals surface area contributed by atoms with Gasteiger partial charge in [0, 0.05) is 24.7 Å². The highest BCUT2D eigenvalue weighted by atomic mass is 19.4. The van der Waals surface area contributed by atoms with Crippen LogP contribution in [-0.4, -0.2) is 25.8 Å². The van der Waals surface area contributed by atoms with Crippen LogP contribution in [0.5, 0.6) is 0 Å². The van der Waals surface area contributed by atoms with Gasteiger partial charge in [-0.15, -0.1) is 0 Å². The van der Waals surface area contributed by atoms with Crippen LogP contribution in [0.3, 0.4) is 0 Å². The van der Waals surface area contributed by atoms with E-state index in [9.17, 15) is 27.9 Å². The van der Waals surface area contributed by atoms with Gasteiger partial charge in [0.05, 0.1) is 17.4 Å². The van der Waals surface area contributed by atoms with E-state index < -0.39 is 29.0 Å². The molecular formula is C20H17F3N4O3. The summed E-state index contributed by atoms with van der Waals surface area (Å²) in [4.78, 5) is 28.6. The van der Waals surface area contributed by atoms with Crippen LogP contribution in [0.25, 0.3) is 0 Å². The predicted octanol–water partition coefficient (Wildman–Crippen LogP) is 3.71. The summed E-state index contributed by atoms with van der Waals surface area (Å²) in [5.74, 6) is -1.39. The van der Waals surface area contributed by atoms with Gasteiger partial charge in [-0.1, -0.05) is 18.2 Å². The van der Waals surface area contributed by atoms with Crippen molar-refractivity contribution in [2.75, 3.05) is 5.32 Å². The lowest BCUT2D eigenvalue weighted by Gasteiger charge is -2.16. The van der Waals surface area contributed by atoms with Crippen LogP contribution in [0, 0.1) is 0 Å². The number of benzene rings is 1. The first-order chi connectivity index (χ1) is 14.2. The monoisotopic (exact) mass is 418 g/mol. The lowest BCUT2D eigenvalue weighted by molar-refractivity contribution is -0.137. The topological polar surface area (TPSA) is 97.1 Å². The summed E-state index contributed by atoms with van der Waals surface area (Å²) in [6.45, 7) is 1.74. The number of carboxylic acid groups (broad SMARTS) is 1. The van der Waals surface area contributed by atoms with E-state index in [4.69, 9.17) is 0 Å². The van der Waals surface area contributed by atoms with Gasteiger partial charge in [0.2, 0.25) is 0 Å². The van der Waals surface area contributed by atoms with Crippen LogP contribution in [0.2, 0.25) is 0 Å². The first-order valence-electron chi connectivity index (χ1n) is 8.91. The Balaban J connectivity index is 2.17. The van der Waals surface area contributed by atoms with Crippen molar-refractivity contribution in [1.82, 2.24) is 14.8 Å². The van der Waals surface area contributed by atoms with E-state index in [1.165, 1.54) is 24.5 Å². The maximum atomic E-state index is 13.1. The molecule has 3 aromatic rings. The molecule has 1 aromatic carbocycles. The quantitative estimate of drug-likeness (QED) is 0.634. The van der Waals surface area contributed by atoms with Crippen LogP contribution in [-0.2, 0) is 19.1 Å². The number of nitrogens with one attached hydrogen (secondary N) is 1. The molecule has 0 aliphatic carbocycles. The van der Waals surface area contributed by atoms with E-state index in [1.807, 2.05) is 0 Å². The van der Waals surface area contributed by atoms with Crippen LogP contribution in [0.15, 0.2) is 53.6 Å². The van der Waals surface area contributed by atoms with Crippen LogP contribution in [0.1, 0.15) is 34.1 Å². The van der Waals surface area contributed by atoms with Crippen LogP contribution >= 0.6 is 0 Å². The third-order valence-corrected chi connectivity index (χ3v) is 4.32. The summed E-state index contributed by atoms with van der Waals surface area (Å²) in [6, 6.07) is 7.74. The molecule has 3 rings (SSSR count). The second kappa shape index (κ2) is 8.36. The number of carboxylic acids is 1. The number of alkyl halides is 3. The second-order valence-corrected chi connectivity index (χ2v) is 6.37. The maximum absolute atomic E-state index is 13.1. The largest absolute Gasteiger partial charge is 0.476 e. The standard InChI is InChI=1S/C20H17F3N4O3/c1-2-27-18(28)16(25-14-7-4-8-24-11-14)15(17(26-27)19(29)30)10-12-5-3-6-13(9-12)20(21,22)23/h3-9,11,25H,2,10H2,1H3,(H,29,30). The van der Waals surface area contributed by atoms with E-state index >= 15 is 0 Å². The van der Waals surface area contributed by atoms with Crippen molar-refractivity contribution in [2.24, 2.45) is 0 Å². The van der Waals surface area contributed by atoms with Gasteiger partial charge in [-0.3, -0.25) is 9.78 Å². The third-order valence-electron chi connectivity index (χ3n) is 4.32. The fourth-order valence-corrected chi connectivity index (χ4v) is 2.93. The molecule has 0 aliphatic rings. The number of hydrogen-bond acceptors (Lipinski definition) is 5. The molecule has 0 atom stereocenters. The van der Waals surface area contributed by atoms with E-state index in [2.05, 4.69) is 15.4 Å². The van der Waals surface area contributed by atoms with Crippen molar-refractivity contribution in [1.29, 1.82) is 0 Å². The summed E-state index contributed by atoms with van der Waals surface area (Å²) in [5.41, 5.74) is -1.35. The van der Waals surface area contributed by atoms with Crippen molar-refractivity contribution in [2.45, 2.75) is 26.1 Å². The number of carbonyl (C=O) groups is 1. The molecule has 0 saturated carbocycles. The van der Waals surface area contributed by atoms with Crippen molar-refractivity contribution in [3.8, 4) is 0 Å². The Morgan fingerprint density at radius 2 is 2.00 bits per heavy atom. The average Bonchev–Trinajstić information content (AvgIpc) is 2.71. The Kier molecular flexibility index (Phi) is 5.86. The van der Waals surface area contributed by atoms with Gasteiger partial charge < -0.3 is 10.4 Å². The molecule has 0 fully saturated rings. The minimum atomic E-state index is -4.55. The van der Waals surface area contributed by atoms with E-state index in [0.717, 1.165) is 16.8 Å². The molecule has 0 radical (unpaired) electrons. The first kappa shape index (κ1) is 21.0. The fraction of sp³-hybridized carbons (Fsp3) is 0.200. The lowest BCUT2D eigenvalue weighted by Crippen LogP contribution is -2.29. The normalized spacial score (nSPS) is 11.3. The average molecular weight is 418 g/mol. The van der Waals surface area contributed by atoms with Gasteiger partial charge in [0.1, 0.15) is 5.69 Å². The minimum absolute atomic E-state index is 0.0135. The summed E-state index contributed by atoms with van der Waals surface area (Å²) in [5, 5.41) is 16.4. The van der Waals surface area contributed by atoms with Crippen molar-refractivity contribution in [3.63, 3.8) is 0 Å². The zero-order valence-corrected chi connectivity index (χ0v) is 15.8. The molecule has 30 heavy (non-hydrogen) atoms. The summed E-state index contributed by atoms with van der Waals surface area (Å²) < 4.78 is 40.2. The van der Waals surface area contributed by atoms with Gasteiger partial charge in [-0.25, -0.2) is 9.48 Å². The predicted molar refractivity (Wildman–Crippen MR) is 103 cm³/mol. The zero-order valence-electron chi connectivity index (χ0n) is 15.8. The lowest BCUT2D eigenvalue weighted by atomic mass is 10.00. The van der Waals surface area contributed by atoms with Gasteiger partial charge in [-0.2, -0.15) is 18.3 Å². The van der Waals surface area contributed by atoms with Gasteiger partial charge in [-0.05, 0) is 30.7 Å². The Labute approximate surface area is 168 Å². The van der Waals surface area contributed by atoms with Gasteiger partial charge >= 0.3 is 12.1 Å². The number of aromatic carboxylic acids is 1. The third kappa shape index (κ3) is 4.48. The fourth-order valence-electron chi connectivity index (χ4n) is 2.93. The number of aryl methyl sites for hydroxylation is 1. The zero-order chi connectivity index (χ0) is 21.9. The number of anilines is 2. The Morgan fingerprint density at radius 1 is 1.23 bits per heavy atom. The molecule has 0 amide bonds.